The molecule has 1 unspecified atom stereocenters. The number of aromatic nitrogens is 3. The zero-order valence-electron chi connectivity index (χ0n) is 13.0. The number of benzene rings is 1. The molecule has 21 heavy (non-hydrogen) atoms. The number of nitrogens with one attached hydrogen (secondary N) is 1. The first kappa shape index (κ1) is 15.7. The van der Waals surface area contributed by atoms with Crippen LogP contribution in [-0.4, -0.2) is 26.5 Å². The van der Waals surface area contributed by atoms with Crippen LogP contribution in [0.5, 0.6) is 0 Å². The summed E-state index contributed by atoms with van der Waals surface area (Å²) in [5.74, 6) is 1.41. The second kappa shape index (κ2) is 6.83. The topological polar surface area (TPSA) is 63.0 Å². The summed E-state index contributed by atoms with van der Waals surface area (Å²) in [6.45, 7) is 7.74. The van der Waals surface area contributed by atoms with Crippen LogP contribution in [0.4, 0.5) is 0 Å². The van der Waals surface area contributed by atoms with Crippen molar-refractivity contribution in [2.24, 2.45) is 5.92 Å². The quantitative estimate of drug-likeness (QED) is 0.817. The van der Waals surface area contributed by atoms with Gasteiger partial charge < -0.3 is 5.11 Å². The fourth-order valence-corrected chi connectivity index (χ4v) is 2.25. The lowest BCUT2D eigenvalue weighted by molar-refractivity contribution is 0.172. The molecular weight excluding hydrogens is 264 g/mol. The molecule has 0 aliphatic carbocycles. The van der Waals surface area contributed by atoms with Gasteiger partial charge in [-0.15, -0.1) is 0 Å². The van der Waals surface area contributed by atoms with Gasteiger partial charge in [0.25, 0.3) is 0 Å². The van der Waals surface area contributed by atoms with Crippen molar-refractivity contribution >= 4 is 0 Å². The highest BCUT2D eigenvalue weighted by atomic mass is 16.3. The smallest absolute Gasteiger partial charge is 0.140 e. The highest BCUT2D eigenvalue weighted by Crippen LogP contribution is 2.20. The Balaban J connectivity index is 2.09. The van der Waals surface area contributed by atoms with E-state index in [-0.39, 0.29) is 6.61 Å². The van der Waals surface area contributed by atoms with Gasteiger partial charge in [-0.2, -0.15) is 5.10 Å². The Kier molecular flexibility index (Phi) is 5.09. The molecule has 2 aromatic rings. The normalized spacial score (nSPS) is 14.3. The Bertz CT molecular complexity index is 552. The summed E-state index contributed by atoms with van der Waals surface area (Å²) in [4.78, 5) is 4.31. The first-order valence-corrected chi connectivity index (χ1v) is 7.33. The fourth-order valence-electron chi connectivity index (χ4n) is 2.25. The van der Waals surface area contributed by atoms with Gasteiger partial charge in [0.2, 0.25) is 0 Å². The summed E-state index contributed by atoms with van der Waals surface area (Å²) in [7, 11) is 0. The molecule has 2 rings (SSSR count). The van der Waals surface area contributed by atoms with Crippen LogP contribution >= 0.6 is 0 Å². The van der Waals surface area contributed by atoms with Crippen molar-refractivity contribution in [1.82, 2.24) is 20.1 Å². The molecule has 1 atom stereocenters. The molecule has 1 aromatic heterocycles. The molecule has 2 N–H and O–H groups in total. The van der Waals surface area contributed by atoms with Crippen LogP contribution in [-0.2, 0) is 18.6 Å². The van der Waals surface area contributed by atoms with Gasteiger partial charge in [-0.3, -0.25) is 5.32 Å². The minimum atomic E-state index is -0.490. The molecule has 0 saturated heterocycles. The van der Waals surface area contributed by atoms with Crippen molar-refractivity contribution in [2.45, 2.75) is 39.4 Å². The van der Waals surface area contributed by atoms with E-state index in [9.17, 15) is 5.11 Å². The summed E-state index contributed by atoms with van der Waals surface area (Å²) in [6.07, 6.45) is 1.58. The van der Waals surface area contributed by atoms with Crippen molar-refractivity contribution in [1.29, 1.82) is 0 Å². The van der Waals surface area contributed by atoms with Crippen molar-refractivity contribution in [2.75, 3.05) is 6.61 Å². The van der Waals surface area contributed by atoms with Gasteiger partial charge in [-0.25, -0.2) is 9.67 Å². The summed E-state index contributed by atoms with van der Waals surface area (Å²) in [6, 6.07) is 9.96. The van der Waals surface area contributed by atoms with Gasteiger partial charge in [-0.1, -0.05) is 44.2 Å². The number of aliphatic hydroxyl groups excluding tert-OH is 1. The van der Waals surface area contributed by atoms with Gasteiger partial charge in [0.05, 0.1) is 18.7 Å². The Hall–Kier alpha value is -1.72. The van der Waals surface area contributed by atoms with Crippen LogP contribution < -0.4 is 5.32 Å². The summed E-state index contributed by atoms with van der Waals surface area (Å²) < 4.78 is 1.92. The molecule has 0 spiro atoms. The molecule has 0 bridgehead atoms. The van der Waals surface area contributed by atoms with E-state index in [2.05, 4.69) is 29.2 Å². The van der Waals surface area contributed by atoms with Gasteiger partial charge in [0.1, 0.15) is 12.2 Å². The summed E-state index contributed by atoms with van der Waals surface area (Å²) >= 11 is 0. The standard InChI is InChI=1S/C16H24N4O/c1-13(2)10-20-15(17-12-19-20)9-18-16(3,11-21)14-7-5-4-6-8-14/h4-8,12-13,18,21H,9-11H2,1-3H3. The monoisotopic (exact) mass is 288 g/mol. The first-order chi connectivity index (χ1) is 10.0. The molecule has 0 radical (unpaired) electrons. The molecule has 0 amide bonds. The van der Waals surface area contributed by atoms with Crippen LogP contribution in [0.3, 0.4) is 0 Å². The molecule has 0 fully saturated rings. The van der Waals surface area contributed by atoms with E-state index < -0.39 is 5.54 Å². The molecule has 5 heteroatoms. The Labute approximate surface area is 126 Å². The largest absolute Gasteiger partial charge is 0.394 e. The molecule has 0 aliphatic heterocycles. The van der Waals surface area contributed by atoms with Gasteiger partial charge in [0.15, 0.2) is 0 Å². The van der Waals surface area contributed by atoms with E-state index in [1.807, 2.05) is 41.9 Å². The molecule has 0 aliphatic rings. The third kappa shape index (κ3) is 3.89. The van der Waals surface area contributed by atoms with Crippen LogP contribution in [0.1, 0.15) is 32.2 Å². The molecule has 114 valence electrons. The van der Waals surface area contributed by atoms with E-state index in [0.717, 1.165) is 17.9 Å². The van der Waals surface area contributed by atoms with Crippen molar-refractivity contribution in [3.05, 3.63) is 48.0 Å². The van der Waals surface area contributed by atoms with Gasteiger partial charge in [-0.05, 0) is 18.4 Å². The minimum Gasteiger partial charge on any atom is -0.394 e. The van der Waals surface area contributed by atoms with Crippen LogP contribution in [0.2, 0.25) is 0 Å². The van der Waals surface area contributed by atoms with E-state index in [4.69, 9.17) is 0 Å². The maximum atomic E-state index is 9.78. The lowest BCUT2D eigenvalue weighted by atomic mass is 9.93. The maximum absolute atomic E-state index is 9.78. The highest BCUT2D eigenvalue weighted by molar-refractivity contribution is 5.23. The Morgan fingerprint density at radius 2 is 2.00 bits per heavy atom. The fraction of sp³-hybridized carbons (Fsp3) is 0.500. The lowest BCUT2D eigenvalue weighted by Gasteiger charge is -2.29. The minimum absolute atomic E-state index is 0.0231. The van der Waals surface area contributed by atoms with E-state index >= 15 is 0 Å². The zero-order valence-corrected chi connectivity index (χ0v) is 13.0. The van der Waals surface area contributed by atoms with E-state index in [0.29, 0.717) is 12.5 Å². The lowest BCUT2D eigenvalue weighted by Crippen LogP contribution is -2.43. The van der Waals surface area contributed by atoms with Crippen molar-refractivity contribution in [3.63, 3.8) is 0 Å². The predicted octanol–water partition coefficient (Wildman–Crippen LogP) is 1.93. The molecule has 5 nitrogen and oxygen atoms in total. The number of hydrogen-bond donors (Lipinski definition) is 2. The molecule has 1 aromatic carbocycles. The average Bonchev–Trinajstić information content (AvgIpc) is 2.92. The van der Waals surface area contributed by atoms with Crippen molar-refractivity contribution in [3.8, 4) is 0 Å². The van der Waals surface area contributed by atoms with E-state index in [1.54, 1.807) is 6.33 Å². The maximum Gasteiger partial charge on any atom is 0.140 e. The SMILES string of the molecule is CC(C)Cn1ncnc1CNC(C)(CO)c1ccccc1. The summed E-state index contributed by atoms with van der Waals surface area (Å²) in [5, 5.41) is 17.4. The molecule has 1 heterocycles. The predicted molar refractivity (Wildman–Crippen MR) is 82.6 cm³/mol. The number of aliphatic hydroxyl groups is 1. The third-order valence-electron chi connectivity index (χ3n) is 3.60. The molecule has 0 saturated carbocycles. The summed E-state index contributed by atoms with van der Waals surface area (Å²) in [5.41, 5.74) is 0.568. The third-order valence-corrected chi connectivity index (χ3v) is 3.60. The molecular formula is C16H24N4O. The van der Waals surface area contributed by atoms with E-state index in [1.165, 1.54) is 0 Å². The van der Waals surface area contributed by atoms with Crippen LogP contribution in [0, 0.1) is 5.92 Å². The number of nitrogens with zero attached hydrogens (tertiary/aromatic N) is 3. The highest BCUT2D eigenvalue weighted by Gasteiger charge is 2.25. The Morgan fingerprint density at radius 1 is 1.29 bits per heavy atom. The number of rotatable bonds is 7. The second-order valence-electron chi connectivity index (χ2n) is 5.96. The first-order valence-electron chi connectivity index (χ1n) is 7.33. The Morgan fingerprint density at radius 3 is 2.62 bits per heavy atom. The zero-order chi connectivity index (χ0) is 15.3. The average molecular weight is 288 g/mol. The van der Waals surface area contributed by atoms with Gasteiger partial charge >= 0.3 is 0 Å². The van der Waals surface area contributed by atoms with Crippen LogP contribution in [0.15, 0.2) is 36.7 Å². The van der Waals surface area contributed by atoms with Gasteiger partial charge in [0, 0.05) is 6.54 Å². The van der Waals surface area contributed by atoms with Crippen LogP contribution in [0.25, 0.3) is 0 Å². The van der Waals surface area contributed by atoms with Crippen molar-refractivity contribution < 1.29 is 5.11 Å². The second-order valence-corrected chi connectivity index (χ2v) is 5.96. The number of hydrogen-bond acceptors (Lipinski definition) is 4.